The van der Waals surface area contributed by atoms with Crippen LogP contribution in [-0.2, 0) is 20.4 Å². The summed E-state index contributed by atoms with van der Waals surface area (Å²) in [6.07, 6.45) is 12.5. The first-order valence-electron chi connectivity index (χ1n) is 19.6. The number of rotatable bonds is 11. The van der Waals surface area contributed by atoms with Crippen LogP contribution in [0.4, 0.5) is 0 Å². The maximum atomic E-state index is 12.7. The molecule has 14 nitrogen and oxygen atoms in total. The molecular formula is C42H51BrN6O8S2. The van der Waals surface area contributed by atoms with E-state index in [1.165, 1.54) is 72.3 Å². The Bertz CT molecular complexity index is 2590. The molecule has 2 aliphatic rings. The fraction of sp³-hybridized carbons (Fsp3) is 0.405. The summed E-state index contributed by atoms with van der Waals surface area (Å²) in [5.74, 6) is 0.102. The highest BCUT2D eigenvalue weighted by Gasteiger charge is 2.27. The highest BCUT2D eigenvalue weighted by Crippen LogP contribution is 2.44. The molecule has 0 saturated heterocycles. The number of aldehydes is 1. The van der Waals surface area contributed by atoms with Crippen molar-refractivity contribution in [2.45, 2.75) is 76.0 Å². The Morgan fingerprint density at radius 1 is 0.695 bits per heavy atom. The third-order valence-corrected chi connectivity index (χ3v) is 14.7. The van der Waals surface area contributed by atoms with Gasteiger partial charge >= 0.3 is 20.4 Å². The minimum atomic E-state index is -3.90. The quantitative estimate of drug-likeness (QED) is 0.0967. The number of hydrogen-bond acceptors (Lipinski definition) is 8. The lowest BCUT2D eigenvalue weighted by Crippen LogP contribution is -2.39. The van der Waals surface area contributed by atoms with Crippen molar-refractivity contribution in [1.29, 1.82) is 0 Å². The summed E-state index contributed by atoms with van der Waals surface area (Å²) in [6, 6.07) is 15.8. The fourth-order valence-corrected chi connectivity index (χ4v) is 9.85. The summed E-state index contributed by atoms with van der Waals surface area (Å²) < 4.78 is 60.1. The van der Waals surface area contributed by atoms with E-state index in [9.17, 15) is 31.2 Å². The molecule has 2 fully saturated rings. The predicted molar refractivity (Wildman–Crippen MR) is 233 cm³/mol. The summed E-state index contributed by atoms with van der Waals surface area (Å²) in [5.41, 5.74) is 6.63. The number of nitrogens with one attached hydrogen (secondary N) is 4. The summed E-state index contributed by atoms with van der Waals surface area (Å²) >= 11 is 3.62. The number of H-pyrrole nitrogens is 2. The van der Waals surface area contributed by atoms with Gasteiger partial charge in [0.15, 0.2) is 6.29 Å². The van der Waals surface area contributed by atoms with Crippen molar-refractivity contribution >= 4 is 76.3 Å². The van der Waals surface area contributed by atoms with E-state index >= 15 is 0 Å². The molecule has 2 saturated carbocycles. The van der Waals surface area contributed by atoms with Gasteiger partial charge in [0.05, 0.1) is 17.4 Å². The summed E-state index contributed by atoms with van der Waals surface area (Å²) in [4.78, 5) is 43.5. The monoisotopic (exact) mass is 910 g/mol. The van der Waals surface area contributed by atoms with Crippen molar-refractivity contribution in [1.82, 2.24) is 28.0 Å². The minimum absolute atomic E-state index is 0.228. The lowest BCUT2D eigenvalue weighted by Gasteiger charge is -2.23. The number of carbonyl (C=O) groups excluding carboxylic acids is 3. The van der Waals surface area contributed by atoms with Crippen LogP contribution in [0.1, 0.15) is 118 Å². The van der Waals surface area contributed by atoms with E-state index in [4.69, 9.17) is 4.74 Å². The van der Waals surface area contributed by atoms with E-state index in [2.05, 4.69) is 35.3 Å². The Kier molecular flexibility index (Phi) is 13.7. The Morgan fingerprint density at radius 2 is 1.17 bits per heavy atom. The molecule has 0 bridgehead atoms. The van der Waals surface area contributed by atoms with Crippen LogP contribution >= 0.6 is 15.9 Å². The summed E-state index contributed by atoms with van der Waals surface area (Å²) in [5, 5.41) is 2.06. The molecule has 0 spiro atoms. The number of nitrogens with zero attached hydrogens (tertiary/aromatic N) is 2. The van der Waals surface area contributed by atoms with E-state index in [0.29, 0.717) is 28.7 Å². The minimum Gasteiger partial charge on any atom is -0.497 e. The van der Waals surface area contributed by atoms with Crippen LogP contribution < -0.4 is 14.2 Å². The molecule has 2 amide bonds. The zero-order valence-corrected chi connectivity index (χ0v) is 37.1. The fourth-order valence-electron chi connectivity index (χ4n) is 8.03. The standard InChI is InChI=1S/C25H29N3O5S.C17H22BrN3O3S/c1-28(2)34(31,32)27-25(30)17-9-11-21-22(14-17)26-24(23(21)16-7-5-4-6-8-16)20-12-10-19(33-3)13-18(20)15-29;1-21(2)25(23,24)20-17(22)12-8-9-13-14(10-12)19-16(18)15(13)11-6-4-3-5-7-11/h9-16,26H,4-8H2,1-3H3,(H,27,30);8-11,19H,3-7H2,1-2H3,(H,20,22). The first-order valence-corrected chi connectivity index (χ1v) is 23.3. The molecule has 7 rings (SSSR count). The van der Waals surface area contributed by atoms with Crippen LogP contribution in [-0.4, -0.2) is 88.8 Å². The first-order chi connectivity index (χ1) is 28.0. The van der Waals surface area contributed by atoms with E-state index in [0.717, 1.165) is 83.8 Å². The topological polar surface area (TPSA) is 191 Å². The molecule has 0 unspecified atom stereocenters. The summed E-state index contributed by atoms with van der Waals surface area (Å²) in [6.45, 7) is 0. The number of fused-ring (bicyclic) bond motifs is 2. The van der Waals surface area contributed by atoms with Gasteiger partial charge in [-0.25, -0.2) is 9.44 Å². The molecule has 2 aromatic heterocycles. The van der Waals surface area contributed by atoms with Crippen LogP contribution in [0.15, 0.2) is 59.2 Å². The largest absolute Gasteiger partial charge is 0.497 e. The second-order valence-corrected chi connectivity index (χ2v) is 20.0. The molecule has 0 radical (unpaired) electrons. The number of amides is 2. The van der Waals surface area contributed by atoms with Crippen molar-refractivity contribution in [3.05, 3.63) is 87.0 Å². The maximum Gasteiger partial charge on any atom is 0.303 e. The van der Waals surface area contributed by atoms with Crippen molar-refractivity contribution < 1.29 is 36.0 Å². The Morgan fingerprint density at radius 3 is 1.64 bits per heavy atom. The molecule has 3 aromatic carbocycles. The van der Waals surface area contributed by atoms with Crippen LogP contribution in [0.3, 0.4) is 0 Å². The van der Waals surface area contributed by atoms with Gasteiger partial charge in [0.1, 0.15) is 5.75 Å². The van der Waals surface area contributed by atoms with Gasteiger partial charge in [-0.3, -0.25) is 14.4 Å². The van der Waals surface area contributed by atoms with Gasteiger partial charge in [-0.05, 0) is 107 Å². The van der Waals surface area contributed by atoms with Gasteiger partial charge in [0.25, 0.3) is 11.8 Å². The number of halogens is 1. The van der Waals surface area contributed by atoms with Crippen LogP contribution in [0.5, 0.6) is 5.75 Å². The van der Waals surface area contributed by atoms with Gasteiger partial charge in [0, 0.05) is 72.3 Å². The first kappa shape index (κ1) is 44.0. The van der Waals surface area contributed by atoms with Crippen molar-refractivity contribution in [2.75, 3.05) is 35.3 Å². The van der Waals surface area contributed by atoms with Gasteiger partial charge in [-0.15, -0.1) is 0 Å². The zero-order chi connectivity index (χ0) is 42.6. The number of carbonyl (C=O) groups is 3. The normalized spacial score (nSPS) is 15.6. The van der Waals surface area contributed by atoms with Crippen molar-refractivity contribution in [3.8, 4) is 17.0 Å². The molecule has 5 aromatic rings. The molecular weight excluding hydrogens is 861 g/mol. The highest BCUT2D eigenvalue weighted by molar-refractivity contribution is 9.10. The molecule has 17 heteroatoms. The highest BCUT2D eigenvalue weighted by atomic mass is 79.9. The van der Waals surface area contributed by atoms with Crippen molar-refractivity contribution in [3.63, 3.8) is 0 Å². The number of ether oxygens (including phenoxy) is 1. The van der Waals surface area contributed by atoms with Gasteiger partial charge in [-0.2, -0.15) is 25.4 Å². The Labute approximate surface area is 353 Å². The zero-order valence-electron chi connectivity index (χ0n) is 33.9. The van der Waals surface area contributed by atoms with E-state index < -0.39 is 32.2 Å². The SMILES string of the molecule is CN(C)S(=O)(=O)NC(=O)c1ccc2c(C3CCCCC3)c(Br)[nH]c2c1.COc1ccc(-c2[nH]c3cc(C(=O)NS(=O)(=O)N(C)C)ccc3c2C2CCCCC2)c(C=O)c1. The lowest BCUT2D eigenvalue weighted by atomic mass is 9.81. The average Bonchev–Trinajstić information content (AvgIpc) is 3.77. The second-order valence-electron chi connectivity index (χ2n) is 15.5. The molecule has 316 valence electrons. The van der Waals surface area contributed by atoms with E-state index in [1.54, 1.807) is 37.4 Å². The molecule has 0 aliphatic heterocycles. The number of aromatic amines is 2. The Hall–Kier alpha value is -4.55. The van der Waals surface area contributed by atoms with E-state index in [1.807, 2.05) is 24.3 Å². The molecule has 4 N–H and O–H groups in total. The third-order valence-electron chi connectivity index (χ3n) is 11.2. The predicted octanol–water partition coefficient (Wildman–Crippen LogP) is 7.75. The van der Waals surface area contributed by atoms with E-state index in [-0.39, 0.29) is 5.56 Å². The van der Waals surface area contributed by atoms with Crippen LogP contribution in [0.25, 0.3) is 33.1 Å². The number of aromatic nitrogens is 2. The Balaban J connectivity index is 0.000000208. The number of benzene rings is 3. The molecule has 0 atom stereocenters. The maximum absolute atomic E-state index is 12.7. The number of methoxy groups -OCH3 is 1. The molecule has 2 heterocycles. The van der Waals surface area contributed by atoms with Gasteiger partial charge in [0.2, 0.25) is 0 Å². The lowest BCUT2D eigenvalue weighted by molar-refractivity contribution is 0.0970. The third kappa shape index (κ3) is 9.75. The van der Waals surface area contributed by atoms with Crippen LogP contribution in [0, 0.1) is 0 Å². The molecule has 59 heavy (non-hydrogen) atoms. The smallest absolute Gasteiger partial charge is 0.303 e. The summed E-state index contributed by atoms with van der Waals surface area (Å²) in [7, 11) is -0.700. The second kappa shape index (κ2) is 18.4. The number of hydrogen-bond donors (Lipinski definition) is 4. The van der Waals surface area contributed by atoms with Crippen LogP contribution in [0.2, 0.25) is 0 Å². The van der Waals surface area contributed by atoms with Gasteiger partial charge < -0.3 is 14.7 Å². The molecule has 2 aliphatic carbocycles. The van der Waals surface area contributed by atoms with Crippen molar-refractivity contribution in [2.24, 2.45) is 0 Å². The average molecular weight is 912 g/mol. The van der Waals surface area contributed by atoms with Gasteiger partial charge in [-0.1, -0.05) is 50.7 Å².